The molecule has 3 heterocycles. The number of thiocarbonyl (C=S) groups is 1. The summed E-state index contributed by atoms with van der Waals surface area (Å²) in [5.41, 5.74) is 10.7. The van der Waals surface area contributed by atoms with Gasteiger partial charge in [0.25, 0.3) is 0 Å². The normalized spacial score (nSPS) is 19.1. The van der Waals surface area contributed by atoms with Gasteiger partial charge in [0.15, 0.2) is 0 Å². The molecule has 1 aromatic heterocycles. The SMILES string of the molecule is NC(=S)c1cccc(-c2cn(C3CCOCC3)c3c(Cl)c(CNC(=O)C4CC5(CCN(CCNC(=O)C(F)(F)F)CC5)C4)ccc23)c1. The van der Waals surface area contributed by atoms with Crippen molar-refractivity contribution in [2.45, 2.75) is 57.3 Å². The third-order valence-electron chi connectivity index (χ3n) is 10.1. The Morgan fingerprint density at radius 2 is 1.81 bits per heavy atom. The van der Waals surface area contributed by atoms with Crippen molar-refractivity contribution in [3.8, 4) is 11.1 Å². The Morgan fingerprint density at radius 1 is 1.09 bits per heavy atom. The molecule has 2 aromatic carbocycles. The predicted molar refractivity (Wildman–Crippen MR) is 179 cm³/mol. The van der Waals surface area contributed by atoms with Crippen LogP contribution in [0, 0.1) is 11.3 Å². The van der Waals surface area contributed by atoms with Crippen LogP contribution in [0.5, 0.6) is 0 Å². The maximum Gasteiger partial charge on any atom is 0.471 e. The number of nitrogens with one attached hydrogen (secondary N) is 2. The van der Waals surface area contributed by atoms with Gasteiger partial charge in [-0.2, -0.15) is 13.2 Å². The average Bonchev–Trinajstić information content (AvgIpc) is 3.44. The van der Waals surface area contributed by atoms with E-state index in [4.69, 9.17) is 34.3 Å². The van der Waals surface area contributed by atoms with E-state index in [1.54, 1.807) is 0 Å². The van der Waals surface area contributed by atoms with E-state index in [9.17, 15) is 22.8 Å². The van der Waals surface area contributed by atoms with Gasteiger partial charge in [-0.3, -0.25) is 9.59 Å². The van der Waals surface area contributed by atoms with E-state index in [-0.39, 0.29) is 29.8 Å². The van der Waals surface area contributed by atoms with Crippen molar-refractivity contribution in [2.24, 2.45) is 17.1 Å². The topological polar surface area (TPSA) is 102 Å². The molecule has 2 aliphatic heterocycles. The molecule has 0 bridgehead atoms. The van der Waals surface area contributed by atoms with Crippen molar-refractivity contribution in [2.75, 3.05) is 39.4 Å². The van der Waals surface area contributed by atoms with E-state index in [1.165, 1.54) is 0 Å². The van der Waals surface area contributed by atoms with E-state index in [0.29, 0.717) is 36.3 Å². The van der Waals surface area contributed by atoms with Gasteiger partial charge in [0.2, 0.25) is 5.91 Å². The van der Waals surface area contributed by atoms with Crippen molar-refractivity contribution >= 4 is 51.5 Å². The predicted octanol–water partition coefficient (Wildman–Crippen LogP) is 5.73. The summed E-state index contributed by atoms with van der Waals surface area (Å²) in [7, 11) is 0. The van der Waals surface area contributed by atoms with Gasteiger partial charge in [0.1, 0.15) is 4.99 Å². The number of carbonyl (C=O) groups is 2. The summed E-state index contributed by atoms with van der Waals surface area (Å²) in [5, 5.41) is 6.70. The van der Waals surface area contributed by atoms with Crippen LogP contribution in [0.4, 0.5) is 13.2 Å². The molecule has 13 heteroatoms. The number of nitrogens with two attached hydrogens (primary N) is 1. The van der Waals surface area contributed by atoms with Crippen LogP contribution in [0.2, 0.25) is 5.02 Å². The lowest BCUT2D eigenvalue weighted by atomic mass is 9.57. The highest BCUT2D eigenvalue weighted by atomic mass is 35.5. The number of carbonyl (C=O) groups excluding carboxylic acids is 2. The number of hydrogen-bond donors (Lipinski definition) is 3. The van der Waals surface area contributed by atoms with Gasteiger partial charge < -0.3 is 30.6 Å². The van der Waals surface area contributed by atoms with Gasteiger partial charge in [-0.25, -0.2) is 0 Å². The summed E-state index contributed by atoms with van der Waals surface area (Å²) >= 11 is 12.4. The smallest absolute Gasteiger partial charge is 0.389 e. The molecule has 3 aromatic rings. The maximum atomic E-state index is 13.2. The number of benzene rings is 2. The molecule has 0 radical (unpaired) electrons. The molecular formula is C34H39ClF3N5O3S. The molecule has 8 nitrogen and oxygen atoms in total. The average molecular weight is 690 g/mol. The summed E-state index contributed by atoms with van der Waals surface area (Å²) in [4.78, 5) is 26.7. The molecule has 252 valence electrons. The number of halogens is 4. The number of ether oxygens (including phenoxy) is 1. The summed E-state index contributed by atoms with van der Waals surface area (Å²) in [6, 6.07) is 12.2. The van der Waals surface area contributed by atoms with Crippen LogP contribution in [0.25, 0.3) is 22.0 Å². The molecule has 1 spiro atoms. The summed E-state index contributed by atoms with van der Waals surface area (Å²) in [6.07, 6.45) is 2.42. The molecule has 2 saturated heterocycles. The monoisotopic (exact) mass is 689 g/mol. The fraction of sp³-hybridized carbons (Fsp3) is 0.500. The van der Waals surface area contributed by atoms with E-state index in [0.717, 1.165) is 84.8 Å². The van der Waals surface area contributed by atoms with Crippen molar-refractivity contribution < 1.29 is 27.5 Å². The van der Waals surface area contributed by atoms with E-state index in [1.807, 2.05) is 35.6 Å². The lowest BCUT2D eigenvalue weighted by Gasteiger charge is -2.51. The van der Waals surface area contributed by atoms with E-state index < -0.39 is 12.1 Å². The molecule has 47 heavy (non-hydrogen) atoms. The van der Waals surface area contributed by atoms with Gasteiger partial charge in [-0.15, -0.1) is 0 Å². The summed E-state index contributed by atoms with van der Waals surface area (Å²) in [6.45, 7) is 3.51. The second-order valence-electron chi connectivity index (χ2n) is 13.1. The molecule has 4 N–H and O–H groups in total. The van der Waals surface area contributed by atoms with Crippen molar-refractivity contribution in [1.29, 1.82) is 0 Å². The Morgan fingerprint density at radius 3 is 2.49 bits per heavy atom. The Balaban J connectivity index is 1.09. The molecule has 1 saturated carbocycles. The summed E-state index contributed by atoms with van der Waals surface area (Å²) in [5.74, 6) is -1.97. The van der Waals surface area contributed by atoms with E-state index in [2.05, 4.69) is 27.0 Å². The van der Waals surface area contributed by atoms with Crippen molar-refractivity contribution in [1.82, 2.24) is 20.1 Å². The van der Waals surface area contributed by atoms with Gasteiger partial charge in [0.05, 0.1) is 10.5 Å². The molecule has 3 aliphatic rings. The largest absolute Gasteiger partial charge is 0.471 e. The fourth-order valence-corrected chi connectivity index (χ4v) is 7.85. The minimum atomic E-state index is -4.86. The Hall–Kier alpha value is -3.19. The first kappa shape index (κ1) is 33.7. The molecule has 3 fully saturated rings. The summed E-state index contributed by atoms with van der Waals surface area (Å²) < 4.78 is 45.1. The zero-order valence-corrected chi connectivity index (χ0v) is 27.6. The number of rotatable bonds is 9. The second-order valence-corrected chi connectivity index (χ2v) is 13.9. The maximum absolute atomic E-state index is 13.2. The number of likely N-dealkylation sites (tertiary alicyclic amines) is 1. The van der Waals surface area contributed by atoms with Crippen LogP contribution in [0.3, 0.4) is 0 Å². The fourth-order valence-electron chi connectivity index (χ4n) is 7.39. The van der Waals surface area contributed by atoms with E-state index >= 15 is 0 Å². The van der Waals surface area contributed by atoms with Crippen LogP contribution in [-0.4, -0.2) is 71.8 Å². The Kier molecular flexibility index (Phi) is 9.85. The minimum absolute atomic E-state index is 0.0131. The standard InChI is InChI=1S/C34H39ClF3N5O3S/c35-28-23(19-41-31(44)24-17-33(18-24)8-11-42(12-9-33)13-10-40-32(45)34(36,37)38)4-5-26-27(21-2-1-3-22(16-21)30(39)47)20-43(29(26)28)25-6-14-46-15-7-25/h1-5,16,20,24-25H,6-15,17-19H2,(H2,39,47)(H,40,45)(H,41,44). The molecule has 2 amide bonds. The number of amides is 2. The zero-order valence-electron chi connectivity index (χ0n) is 26.0. The minimum Gasteiger partial charge on any atom is -0.389 e. The van der Waals surface area contributed by atoms with Crippen LogP contribution >= 0.6 is 23.8 Å². The van der Waals surface area contributed by atoms with Crippen molar-refractivity contribution in [3.63, 3.8) is 0 Å². The number of nitrogens with zero attached hydrogens (tertiary/aromatic N) is 2. The third kappa shape index (κ3) is 7.30. The number of alkyl halides is 3. The highest BCUT2D eigenvalue weighted by Gasteiger charge is 2.48. The quantitative estimate of drug-likeness (QED) is 0.248. The van der Waals surface area contributed by atoms with Crippen LogP contribution in [-0.2, 0) is 20.9 Å². The highest BCUT2D eigenvalue weighted by molar-refractivity contribution is 7.80. The molecule has 0 atom stereocenters. The van der Waals surface area contributed by atoms with Crippen LogP contribution in [0.15, 0.2) is 42.6 Å². The molecule has 0 unspecified atom stereocenters. The molecule has 6 rings (SSSR count). The van der Waals surface area contributed by atoms with Crippen LogP contribution in [0.1, 0.15) is 55.7 Å². The molecule has 1 aliphatic carbocycles. The first-order chi connectivity index (χ1) is 22.4. The number of fused-ring (bicyclic) bond motifs is 1. The third-order valence-corrected chi connectivity index (χ3v) is 10.8. The lowest BCUT2D eigenvalue weighted by molar-refractivity contribution is -0.173. The van der Waals surface area contributed by atoms with Gasteiger partial charge in [0, 0.05) is 67.5 Å². The molecular weight excluding hydrogens is 651 g/mol. The van der Waals surface area contributed by atoms with Gasteiger partial charge in [-0.05, 0) is 74.2 Å². The van der Waals surface area contributed by atoms with Crippen LogP contribution < -0.4 is 16.4 Å². The number of aromatic nitrogens is 1. The highest BCUT2D eigenvalue weighted by Crippen LogP contribution is 2.52. The van der Waals surface area contributed by atoms with Gasteiger partial charge >= 0.3 is 12.1 Å². The number of piperidine rings is 1. The van der Waals surface area contributed by atoms with Crippen molar-refractivity contribution in [3.05, 3.63) is 58.7 Å². The lowest BCUT2D eigenvalue weighted by Crippen LogP contribution is -2.52. The Labute approximate surface area is 282 Å². The Bertz CT molecular complexity index is 1660. The van der Waals surface area contributed by atoms with Gasteiger partial charge in [-0.1, -0.05) is 54.2 Å². The number of hydrogen-bond acceptors (Lipinski definition) is 5. The first-order valence-electron chi connectivity index (χ1n) is 16.1. The second kappa shape index (κ2) is 13.7. The first-order valence-corrected chi connectivity index (χ1v) is 16.9. The zero-order chi connectivity index (χ0) is 33.3.